The second-order valence-electron chi connectivity index (χ2n) is 6.48. The summed E-state index contributed by atoms with van der Waals surface area (Å²) >= 11 is 0. The van der Waals surface area contributed by atoms with Crippen molar-refractivity contribution >= 4 is 0 Å². The van der Waals surface area contributed by atoms with Crippen molar-refractivity contribution < 1.29 is 4.74 Å². The Morgan fingerprint density at radius 2 is 1.78 bits per heavy atom. The van der Waals surface area contributed by atoms with Gasteiger partial charge in [0, 0.05) is 31.2 Å². The van der Waals surface area contributed by atoms with Gasteiger partial charge < -0.3 is 10.1 Å². The van der Waals surface area contributed by atoms with Crippen molar-refractivity contribution in [1.82, 2.24) is 10.2 Å². The number of hydrogen-bond donors (Lipinski definition) is 1. The maximum Gasteiger partial charge on any atom is 0.0531 e. The van der Waals surface area contributed by atoms with Gasteiger partial charge in [-0.15, -0.1) is 0 Å². The first-order valence-corrected chi connectivity index (χ1v) is 7.62. The highest BCUT2D eigenvalue weighted by atomic mass is 16.5. The van der Waals surface area contributed by atoms with Crippen LogP contribution in [-0.4, -0.2) is 50.3 Å². The molecule has 1 N–H and O–H groups in total. The zero-order valence-electron chi connectivity index (χ0n) is 12.4. The van der Waals surface area contributed by atoms with E-state index in [4.69, 9.17) is 4.74 Å². The molecule has 0 aromatic carbocycles. The highest BCUT2D eigenvalue weighted by Gasteiger charge is 2.37. The molecular weight excluding hydrogens is 224 g/mol. The predicted octanol–water partition coefficient (Wildman–Crippen LogP) is 2.27. The van der Waals surface area contributed by atoms with Crippen LogP contribution in [0.25, 0.3) is 0 Å². The number of likely N-dealkylation sites (tertiary alicyclic amines) is 1. The maximum absolute atomic E-state index is 5.54. The van der Waals surface area contributed by atoms with Crippen molar-refractivity contribution in [2.24, 2.45) is 5.41 Å². The number of hydrogen-bond acceptors (Lipinski definition) is 3. The van der Waals surface area contributed by atoms with Crippen LogP contribution in [0.5, 0.6) is 0 Å². The van der Waals surface area contributed by atoms with E-state index in [-0.39, 0.29) is 0 Å². The van der Waals surface area contributed by atoms with Crippen molar-refractivity contribution in [1.29, 1.82) is 0 Å². The van der Waals surface area contributed by atoms with Crippen LogP contribution >= 0.6 is 0 Å². The molecule has 0 aromatic rings. The van der Waals surface area contributed by atoms with E-state index in [2.05, 4.69) is 24.1 Å². The van der Waals surface area contributed by atoms with Gasteiger partial charge in [-0.2, -0.15) is 0 Å². The third-order valence-electron chi connectivity index (χ3n) is 5.01. The van der Waals surface area contributed by atoms with Crippen LogP contribution in [0.4, 0.5) is 0 Å². The van der Waals surface area contributed by atoms with E-state index in [1.807, 2.05) is 7.11 Å². The topological polar surface area (TPSA) is 24.5 Å². The molecule has 0 aromatic heterocycles. The summed E-state index contributed by atoms with van der Waals surface area (Å²) in [5.74, 6) is 0. The van der Waals surface area contributed by atoms with Gasteiger partial charge >= 0.3 is 0 Å². The average Bonchev–Trinajstić information content (AvgIpc) is 2.36. The molecule has 0 radical (unpaired) electrons. The summed E-state index contributed by atoms with van der Waals surface area (Å²) in [4.78, 5) is 2.74. The summed E-state index contributed by atoms with van der Waals surface area (Å²) in [6.07, 6.45) is 6.66. The number of piperidine rings is 2. The van der Waals surface area contributed by atoms with Crippen LogP contribution in [0, 0.1) is 5.41 Å². The van der Waals surface area contributed by atoms with Gasteiger partial charge in [0.1, 0.15) is 0 Å². The van der Waals surface area contributed by atoms with Crippen LogP contribution < -0.4 is 5.32 Å². The van der Waals surface area contributed by atoms with Crippen molar-refractivity contribution in [3.05, 3.63) is 0 Å². The van der Waals surface area contributed by atoms with Gasteiger partial charge in [-0.05, 0) is 52.6 Å². The molecule has 0 amide bonds. The molecule has 3 heteroatoms. The molecule has 0 bridgehead atoms. The standard InChI is InChI=1S/C15H30N2O/c1-13-5-4-6-14(2)17(13)11-15(12-18-3)7-9-16-10-8-15/h13-14,16H,4-12H2,1-3H3/t13-,14+. The van der Waals surface area contributed by atoms with Crippen LogP contribution in [0.15, 0.2) is 0 Å². The Kier molecular flexibility index (Phi) is 5.05. The Morgan fingerprint density at radius 3 is 2.33 bits per heavy atom. The Bertz CT molecular complexity index is 235. The van der Waals surface area contributed by atoms with Gasteiger partial charge in [0.05, 0.1) is 6.61 Å². The lowest BCUT2D eigenvalue weighted by atomic mass is 9.78. The lowest BCUT2D eigenvalue weighted by molar-refractivity contribution is -0.0123. The van der Waals surface area contributed by atoms with E-state index >= 15 is 0 Å². The minimum Gasteiger partial charge on any atom is -0.384 e. The predicted molar refractivity (Wildman–Crippen MR) is 75.9 cm³/mol. The lowest BCUT2D eigenvalue weighted by Gasteiger charge is -2.47. The second-order valence-corrected chi connectivity index (χ2v) is 6.48. The SMILES string of the molecule is COCC1(CN2[C@H](C)CCC[C@@H]2C)CCNCC1. The van der Waals surface area contributed by atoms with Crippen LogP contribution in [0.1, 0.15) is 46.0 Å². The molecule has 106 valence electrons. The average molecular weight is 254 g/mol. The first kappa shape index (κ1) is 14.3. The first-order chi connectivity index (χ1) is 8.67. The van der Waals surface area contributed by atoms with E-state index < -0.39 is 0 Å². The molecule has 0 saturated carbocycles. The Hall–Kier alpha value is -0.120. The van der Waals surface area contributed by atoms with Crippen molar-refractivity contribution in [2.45, 2.75) is 58.0 Å². The fourth-order valence-corrected chi connectivity index (χ4v) is 3.79. The second kappa shape index (κ2) is 6.36. The molecule has 0 spiro atoms. The number of nitrogens with one attached hydrogen (secondary N) is 1. The molecule has 2 rings (SSSR count). The zero-order chi connectivity index (χ0) is 13.0. The van der Waals surface area contributed by atoms with Gasteiger partial charge in [-0.3, -0.25) is 4.90 Å². The number of nitrogens with zero attached hydrogens (tertiary/aromatic N) is 1. The van der Waals surface area contributed by atoms with E-state index in [9.17, 15) is 0 Å². The summed E-state index contributed by atoms with van der Waals surface area (Å²) in [6.45, 7) is 9.25. The summed E-state index contributed by atoms with van der Waals surface area (Å²) in [5.41, 5.74) is 0.389. The van der Waals surface area contributed by atoms with Gasteiger partial charge in [0.15, 0.2) is 0 Å². The summed E-state index contributed by atoms with van der Waals surface area (Å²) in [6, 6.07) is 1.50. The number of methoxy groups -OCH3 is 1. The first-order valence-electron chi connectivity index (χ1n) is 7.62. The Labute approximate surface area is 112 Å². The fourth-order valence-electron chi connectivity index (χ4n) is 3.79. The molecule has 0 aliphatic carbocycles. The van der Waals surface area contributed by atoms with Crippen LogP contribution in [0.2, 0.25) is 0 Å². The molecular formula is C15H30N2O. The van der Waals surface area contributed by atoms with Gasteiger partial charge in [0.2, 0.25) is 0 Å². The molecule has 2 saturated heterocycles. The minimum absolute atomic E-state index is 0.389. The fraction of sp³-hybridized carbons (Fsp3) is 1.00. The third kappa shape index (κ3) is 3.25. The Morgan fingerprint density at radius 1 is 1.17 bits per heavy atom. The molecule has 2 heterocycles. The van der Waals surface area contributed by atoms with Crippen molar-refractivity contribution in [3.63, 3.8) is 0 Å². The monoisotopic (exact) mass is 254 g/mol. The summed E-state index contributed by atoms with van der Waals surface area (Å²) in [5, 5.41) is 3.48. The normalized spacial score (nSPS) is 33.5. The van der Waals surface area contributed by atoms with Gasteiger partial charge in [-0.25, -0.2) is 0 Å². The van der Waals surface area contributed by atoms with Gasteiger partial charge in [-0.1, -0.05) is 6.42 Å². The van der Waals surface area contributed by atoms with E-state index in [1.165, 1.54) is 38.6 Å². The van der Waals surface area contributed by atoms with Crippen LogP contribution in [-0.2, 0) is 4.74 Å². The van der Waals surface area contributed by atoms with Crippen LogP contribution in [0.3, 0.4) is 0 Å². The Balaban J connectivity index is 2.02. The maximum atomic E-state index is 5.54. The van der Waals surface area contributed by atoms with Crippen molar-refractivity contribution in [3.8, 4) is 0 Å². The molecule has 2 fully saturated rings. The van der Waals surface area contributed by atoms with E-state index in [0.717, 1.165) is 31.8 Å². The minimum atomic E-state index is 0.389. The number of ether oxygens (including phenoxy) is 1. The number of rotatable bonds is 4. The molecule has 2 atom stereocenters. The van der Waals surface area contributed by atoms with E-state index in [0.29, 0.717) is 5.41 Å². The summed E-state index contributed by atoms with van der Waals surface area (Å²) < 4.78 is 5.54. The quantitative estimate of drug-likeness (QED) is 0.833. The van der Waals surface area contributed by atoms with Gasteiger partial charge in [0.25, 0.3) is 0 Å². The molecule has 2 aliphatic rings. The zero-order valence-corrected chi connectivity index (χ0v) is 12.4. The molecule has 2 aliphatic heterocycles. The lowest BCUT2D eigenvalue weighted by Crippen LogP contribution is -2.53. The molecule has 3 nitrogen and oxygen atoms in total. The summed E-state index contributed by atoms with van der Waals surface area (Å²) in [7, 11) is 1.85. The largest absolute Gasteiger partial charge is 0.384 e. The smallest absolute Gasteiger partial charge is 0.0531 e. The molecule has 18 heavy (non-hydrogen) atoms. The van der Waals surface area contributed by atoms with E-state index in [1.54, 1.807) is 0 Å². The highest BCUT2D eigenvalue weighted by Crippen LogP contribution is 2.34. The van der Waals surface area contributed by atoms with Crippen molar-refractivity contribution in [2.75, 3.05) is 33.4 Å². The highest BCUT2D eigenvalue weighted by molar-refractivity contribution is 4.91. The molecule has 0 unspecified atom stereocenters. The third-order valence-corrected chi connectivity index (χ3v) is 5.01.